The number of likely N-dealkylation sites (tertiary alicyclic amines) is 1. The number of aromatic nitrogens is 1. The molecule has 2 aromatic heterocycles. The van der Waals surface area contributed by atoms with E-state index in [-0.39, 0.29) is 5.91 Å². The van der Waals surface area contributed by atoms with Gasteiger partial charge in [0.25, 0.3) is 5.91 Å². The van der Waals surface area contributed by atoms with E-state index in [1.807, 2.05) is 11.8 Å². The lowest BCUT2D eigenvalue weighted by Crippen LogP contribution is -2.61. The number of furan rings is 1. The van der Waals surface area contributed by atoms with Gasteiger partial charge in [0.2, 0.25) is 0 Å². The Hall–Kier alpha value is -1.66. The van der Waals surface area contributed by atoms with Crippen molar-refractivity contribution >= 4 is 17.2 Å². The Morgan fingerprint density at radius 3 is 2.52 bits per heavy atom. The molecular weight excluding hydrogens is 334 g/mol. The van der Waals surface area contributed by atoms with Crippen LogP contribution in [0.4, 0.5) is 0 Å². The van der Waals surface area contributed by atoms with Crippen molar-refractivity contribution in [3.05, 3.63) is 39.2 Å². The van der Waals surface area contributed by atoms with Gasteiger partial charge in [0.15, 0.2) is 0 Å². The van der Waals surface area contributed by atoms with Crippen LogP contribution < -0.4 is 0 Å². The first-order valence-corrected chi connectivity index (χ1v) is 9.85. The zero-order chi connectivity index (χ0) is 17.6. The minimum absolute atomic E-state index is 0.114. The highest BCUT2D eigenvalue weighted by atomic mass is 32.1. The number of aryl methyl sites for hydroxylation is 3. The van der Waals surface area contributed by atoms with Crippen molar-refractivity contribution in [2.24, 2.45) is 0 Å². The van der Waals surface area contributed by atoms with Crippen molar-refractivity contribution in [3.63, 3.8) is 0 Å². The average Bonchev–Trinajstić information content (AvgIpc) is 3.11. The molecule has 0 N–H and O–H groups in total. The Morgan fingerprint density at radius 1 is 1.24 bits per heavy atom. The molecule has 2 bridgehead atoms. The first kappa shape index (κ1) is 16.8. The molecule has 6 heteroatoms. The fourth-order valence-corrected chi connectivity index (χ4v) is 5.09. The van der Waals surface area contributed by atoms with E-state index in [0.29, 0.717) is 17.6 Å². The van der Waals surface area contributed by atoms with Crippen LogP contribution in [0.3, 0.4) is 0 Å². The third-order valence-electron chi connectivity index (χ3n) is 5.58. The van der Waals surface area contributed by atoms with Crippen LogP contribution >= 0.6 is 11.3 Å². The predicted molar refractivity (Wildman–Crippen MR) is 97.9 cm³/mol. The molecule has 5 nitrogen and oxygen atoms in total. The van der Waals surface area contributed by atoms with Crippen LogP contribution in [-0.2, 0) is 6.54 Å². The molecule has 0 aliphatic carbocycles. The van der Waals surface area contributed by atoms with Gasteiger partial charge in [0, 0.05) is 36.6 Å². The molecule has 4 rings (SSSR count). The van der Waals surface area contributed by atoms with Crippen molar-refractivity contribution in [1.29, 1.82) is 0 Å². The maximum Gasteiger partial charge on any atom is 0.257 e. The van der Waals surface area contributed by atoms with Gasteiger partial charge in [-0.2, -0.15) is 0 Å². The topological polar surface area (TPSA) is 49.6 Å². The highest BCUT2D eigenvalue weighted by molar-refractivity contribution is 7.11. The largest absolute Gasteiger partial charge is 0.471 e. The number of hydrogen-bond acceptors (Lipinski definition) is 5. The number of rotatable bonds is 3. The van der Waals surface area contributed by atoms with Crippen molar-refractivity contribution in [2.75, 3.05) is 13.1 Å². The maximum atomic E-state index is 12.9. The molecule has 4 heterocycles. The smallest absolute Gasteiger partial charge is 0.257 e. The first-order chi connectivity index (χ1) is 12.0. The van der Waals surface area contributed by atoms with Crippen LogP contribution in [-0.4, -0.2) is 45.9 Å². The Balaban J connectivity index is 1.52. The zero-order valence-electron chi connectivity index (χ0n) is 15.1. The first-order valence-electron chi connectivity index (χ1n) is 9.03. The third-order valence-corrected chi connectivity index (χ3v) is 6.51. The predicted octanol–water partition coefficient (Wildman–Crippen LogP) is 3.54. The van der Waals surface area contributed by atoms with Gasteiger partial charge in [-0.05, 0) is 39.2 Å². The number of amides is 1. The van der Waals surface area contributed by atoms with Crippen molar-refractivity contribution < 1.29 is 9.21 Å². The van der Waals surface area contributed by atoms with Gasteiger partial charge in [0.05, 0.1) is 22.5 Å². The molecule has 134 valence electrons. The fraction of sp³-hybridized carbons (Fsp3) is 0.579. The van der Waals surface area contributed by atoms with E-state index in [9.17, 15) is 4.79 Å². The number of nitrogens with zero attached hydrogens (tertiary/aromatic N) is 3. The molecule has 2 atom stereocenters. The highest BCUT2D eigenvalue weighted by Crippen LogP contribution is 2.32. The van der Waals surface area contributed by atoms with Gasteiger partial charge >= 0.3 is 0 Å². The number of piperazine rings is 1. The van der Waals surface area contributed by atoms with Gasteiger partial charge < -0.3 is 9.32 Å². The lowest BCUT2D eigenvalue weighted by Gasteiger charge is -2.50. The Kier molecular flexibility index (Phi) is 4.41. The quantitative estimate of drug-likeness (QED) is 0.841. The number of carbonyl (C=O) groups excluding carboxylic acids is 1. The SMILES string of the molecule is Cc1nc(CN2C3CCCC2CN(C(=O)c2cocc2C)C3)c(C)s1. The second-order valence-corrected chi connectivity index (χ2v) is 8.73. The molecule has 2 unspecified atom stereocenters. The van der Waals surface area contributed by atoms with Gasteiger partial charge in [-0.25, -0.2) is 4.98 Å². The van der Waals surface area contributed by atoms with E-state index in [4.69, 9.17) is 9.40 Å². The van der Waals surface area contributed by atoms with Gasteiger partial charge in [-0.3, -0.25) is 9.69 Å². The summed E-state index contributed by atoms with van der Waals surface area (Å²) in [5.74, 6) is 0.114. The Bertz CT molecular complexity index is 767. The maximum absolute atomic E-state index is 12.9. The number of thiazole rings is 1. The van der Waals surface area contributed by atoms with E-state index in [1.54, 1.807) is 23.9 Å². The number of piperidine rings is 1. The molecule has 0 radical (unpaired) electrons. The molecule has 2 aliphatic rings. The van der Waals surface area contributed by atoms with Gasteiger partial charge in [-0.1, -0.05) is 6.42 Å². The summed E-state index contributed by atoms with van der Waals surface area (Å²) < 4.78 is 5.20. The van der Waals surface area contributed by atoms with E-state index >= 15 is 0 Å². The van der Waals surface area contributed by atoms with Gasteiger partial charge in [0.1, 0.15) is 6.26 Å². The summed E-state index contributed by atoms with van der Waals surface area (Å²) >= 11 is 1.78. The molecule has 0 saturated carbocycles. The van der Waals surface area contributed by atoms with Crippen LogP contribution in [0.2, 0.25) is 0 Å². The summed E-state index contributed by atoms with van der Waals surface area (Å²) in [5.41, 5.74) is 2.84. The summed E-state index contributed by atoms with van der Waals surface area (Å²) in [7, 11) is 0. The number of carbonyl (C=O) groups is 1. The van der Waals surface area contributed by atoms with Crippen LogP contribution in [0.5, 0.6) is 0 Å². The molecule has 2 fully saturated rings. The highest BCUT2D eigenvalue weighted by Gasteiger charge is 2.39. The van der Waals surface area contributed by atoms with Crippen molar-refractivity contribution in [2.45, 2.75) is 58.7 Å². The van der Waals surface area contributed by atoms with Crippen LogP contribution in [0.1, 0.15) is 50.8 Å². The normalized spacial score (nSPS) is 23.9. The van der Waals surface area contributed by atoms with E-state index in [0.717, 1.165) is 43.0 Å². The molecule has 2 aromatic rings. The second kappa shape index (κ2) is 6.57. The molecule has 25 heavy (non-hydrogen) atoms. The second-order valence-electron chi connectivity index (χ2n) is 7.33. The molecule has 1 amide bonds. The number of hydrogen-bond donors (Lipinski definition) is 0. The standard InChI is InChI=1S/C19H25N3O2S/c1-12-10-24-11-17(12)19(23)21-7-15-5-4-6-16(8-21)22(15)9-18-13(2)25-14(3)20-18/h10-11,15-16H,4-9H2,1-3H3. The molecule has 0 aromatic carbocycles. The van der Waals surface area contributed by atoms with E-state index < -0.39 is 0 Å². The monoisotopic (exact) mass is 359 g/mol. The molecule has 2 aliphatic heterocycles. The van der Waals surface area contributed by atoms with Crippen LogP contribution in [0.15, 0.2) is 16.9 Å². The van der Waals surface area contributed by atoms with E-state index in [2.05, 4.69) is 18.7 Å². The van der Waals surface area contributed by atoms with Crippen molar-refractivity contribution in [1.82, 2.24) is 14.8 Å². The summed E-state index contributed by atoms with van der Waals surface area (Å²) in [6.07, 6.45) is 6.81. The zero-order valence-corrected chi connectivity index (χ0v) is 15.9. The van der Waals surface area contributed by atoms with Crippen molar-refractivity contribution in [3.8, 4) is 0 Å². The Labute approximate surface area is 152 Å². The van der Waals surface area contributed by atoms with Crippen LogP contribution in [0.25, 0.3) is 0 Å². The summed E-state index contributed by atoms with van der Waals surface area (Å²) in [5, 5.41) is 1.14. The summed E-state index contributed by atoms with van der Waals surface area (Å²) in [6.45, 7) is 8.70. The summed E-state index contributed by atoms with van der Waals surface area (Å²) in [4.78, 5) is 23.5. The Morgan fingerprint density at radius 2 is 1.96 bits per heavy atom. The molecular formula is C19H25N3O2S. The minimum Gasteiger partial charge on any atom is -0.471 e. The average molecular weight is 359 g/mol. The molecule has 2 saturated heterocycles. The minimum atomic E-state index is 0.114. The fourth-order valence-electron chi connectivity index (χ4n) is 4.26. The van der Waals surface area contributed by atoms with E-state index in [1.165, 1.54) is 17.0 Å². The molecule has 0 spiro atoms. The lowest BCUT2D eigenvalue weighted by molar-refractivity contribution is -0.00990. The summed E-state index contributed by atoms with van der Waals surface area (Å²) in [6, 6.07) is 0.870. The van der Waals surface area contributed by atoms with Gasteiger partial charge in [-0.15, -0.1) is 11.3 Å². The van der Waals surface area contributed by atoms with Crippen LogP contribution in [0, 0.1) is 20.8 Å². The third kappa shape index (κ3) is 3.13. The number of fused-ring (bicyclic) bond motifs is 2. The lowest BCUT2D eigenvalue weighted by atomic mass is 9.90.